The molecule has 0 bridgehead atoms. The van der Waals surface area contributed by atoms with Crippen LogP contribution in [0.4, 0.5) is 13.2 Å². The lowest BCUT2D eigenvalue weighted by atomic mass is 9.94. The molecule has 0 saturated carbocycles. The van der Waals surface area contributed by atoms with Crippen LogP contribution in [0.5, 0.6) is 5.75 Å². The smallest absolute Gasteiger partial charge is 0.416 e. The molecule has 0 spiro atoms. The van der Waals surface area contributed by atoms with E-state index < -0.39 is 23.6 Å². The van der Waals surface area contributed by atoms with Gasteiger partial charge < -0.3 is 9.84 Å². The summed E-state index contributed by atoms with van der Waals surface area (Å²) in [7, 11) is 0. The first-order valence-corrected chi connectivity index (χ1v) is 7.43. The van der Waals surface area contributed by atoms with E-state index in [0.717, 1.165) is 17.7 Å². The Balaban J connectivity index is 2.34. The van der Waals surface area contributed by atoms with E-state index in [1.165, 1.54) is 6.07 Å². The largest absolute Gasteiger partial charge is 0.489 e. The normalized spacial score (nSPS) is 12.7. The van der Waals surface area contributed by atoms with E-state index in [1.807, 2.05) is 6.07 Å². The van der Waals surface area contributed by atoms with Gasteiger partial charge >= 0.3 is 12.1 Å². The molecule has 0 aliphatic heterocycles. The van der Waals surface area contributed by atoms with Gasteiger partial charge in [0.25, 0.3) is 0 Å². The third-order valence-electron chi connectivity index (χ3n) is 3.61. The second-order valence-corrected chi connectivity index (χ2v) is 5.36. The van der Waals surface area contributed by atoms with Gasteiger partial charge in [0.1, 0.15) is 12.4 Å². The molecule has 24 heavy (non-hydrogen) atoms. The Kier molecular flexibility index (Phi) is 5.49. The second-order valence-electron chi connectivity index (χ2n) is 5.36. The highest BCUT2D eigenvalue weighted by atomic mass is 19.4. The molecule has 1 unspecified atom stereocenters. The molecule has 0 heterocycles. The van der Waals surface area contributed by atoms with Crippen LogP contribution in [0.2, 0.25) is 0 Å². The second kappa shape index (κ2) is 7.38. The van der Waals surface area contributed by atoms with Crippen LogP contribution < -0.4 is 4.74 Å². The van der Waals surface area contributed by atoms with Crippen molar-refractivity contribution in [3.63, 3.8) is 0 Å². The predicted molar refractivity (Wildman–Crippen MR) is 82.9 cm³/mol. The first-order valence-electron chi connectivity index (χ1n) is 7.43. The quantitative estimate of drug-likeness (QED) is 0.818. The van der Waals surface area contributed by atoms with Crippen LogP contribution in [0.15, 0.2) is 48.5 Å². The number of benzene rings is 2. The highest BCUT2D eigenvalue weighted by Gasteiger charge is 2.32. The van der Waals surface area contributed by atoms with Gasteiger partial charge in [0, 0.05) is 0 Å². The lowest BCUT2D eigenvalue weighted by Crippen LogP contribution is -2.13. The number of ether oxygens (including phenoxy) is 1. The molecule has 128 valence electrons. The molecule has 1 atom stereocenters. The first kappa shape index (κ1) is 17.8. The molecule has 2 aromatic carbocycles. The van der Waals surface area contributed by atoms with Crippen molar-refractivity contribution in [3.8, 4) is 5.75 Å². The van der Waals surface area contributed by atoms with Gasteiger partial charge in [-0.2, -0.15) is 13.2 Å². The van der Waals surface area contributed by atoms with Crippen LogP contribution in [-0.4, -0.2) is 11.1 Å². The zero-order valence-corrected chi connectivity index (χ0v) is 13.0. The molecule has 0 amide bonds. The van der Waals surface area contributed by atoms with Gasteiger partial charge in [-0.15, -0.1) is 0 Å². The minimum absolute atomic E-state index is 0.00313. The Labute approximate surface area is 137 Å². The third kappa shape index (κ3) is 4.50. The van der Waals surface area contributed by atoms with Crippen molar-refractivity contribution in [2.45, 2.75) is 32.0 Å². The highest BCUT2D eigenvalue weighted by molar-refractivity contribution is 5.76. The summed E-state index contributed by atoms with van der Waals surface area (Å²) in [5, 5.41) is 9.20. The molecule has 1 N–H and O–H groups in total. The van der Waals surface area contributed by atoms with E-state index in [4.69, 9.17) is 4.74 Å². The van der Waals surface area contributed by atoms with Gasteiger partial charge in [-0.1, -0.05) is 37.3 Å². The Morgan fingerprint density at radius 3 is 2.38 bits per heavy atom. The molecule has 3 nitrogen and oxygen atoms in total. The van der Waals surface area contributed by atoms with E-state index in [9.17, 15) is 23.1 Å². The van der Waals surface area contributed by atoms with E-state index in [0.29, 0.717) is 0 Å². The standard InChI is InChI=1S/C18H17F3O3/c1-2-16(17(22)23)13-8-14(18(19,20)21)10-15(9-13)24-11-12-6-4-3-5-7-12/h3-10,16H,2,11H2,1H3,(H,22,23). The topological polar surface area (TPSA) is 46.5 Å². The van der Waals surface area contributed by atoms with Gasteiger partial charge in [0.2, 0.25) is 0 Å². The van der Waals surface area contributed by atoms with Gasteiger partial charge in [-0.25, -0.2) is 0 Å². The zero-order valence-electron chi connectivity index (χ0n) is 13.0. The van der Waals surface area contributed by atoms with Crippen molar-refractivity contribution >= 4 is 5.97 Å². The molecule has 6 heteroatoms. The van der Waals surface area contributed by atoms with Crippen molar-refractivity contribution < 1.29 is 27.8 Å². The minimum Gasteiger partial charge on any atom is -0.489 e. The maximum absolute atomic E-state index is 13.1. The maximum Gasteiger partial charge on any atom is 0.416 e. The summed E-state index contributed by atoms with van der Waals surface area (Å²) in [6.45, 7) is 1.72. The molecule has 0 aromatic heterocycles. The molecule has 2 rings (SSSR count). The molecule has 0 aliphatic rings. The lowest BCUT2D eigenvalue weighted by Gasteiger charge is -2.16. The van der Waals surface area contributed by atoms with Crippen molar-refractivity contribution in [1.82, 2.24) is 0 Å². The molecular weight excluding hydrogens is 321 g/mol. The van der Waals surface area contributed by atoms with Gasteiger partial charge in [0.05, 0.1) is 11.5 Å². The monoisotopic (exact) mass is 338 g/mol. The summed E-state index contributed by atoms with van der Waals surface area (Å²) in [5.74, 6) is -2.17. The molecule has 2 aromatic rings. The summed E-state index contributed by atoms with van der Waals surface area (Å²) in [4.78, 5) is 11.3. The summed E-state index contributed by atoms with van der Waals surface area (Å²) in [6, 6.07) is 12.1. The number of halogens is 3. The Hall–Kier alpha value is -2.50. The van der Waals surface area contributed by atoms with Crippen LogP contribution in [0, 0.1) is 0 Å². The van der Waals surface area contributed by atoms with Crippen LogP contribution >= 0.6 is 0 Å². The molecule has 0 radical (unpaired) electrons. The fourth-order valence-corrected chi connectivity index (χ4v) is 2.36. The highest BCUT2D eigenvalue weighted by Crippen LogP contribution is 2.35. The van der Waals surface area contributed by atoms with E-state index >= 15 is 0 Å². The number of carboxylic acid groups (broad SMARTS) is 1. The van der Waals surface area contributed by atoms with E-state index in [-0.39, 0.29) is 24.3 Å². The van der Waals surface area contributed by atoms with E-state index in [1.54, 1.807) is 31.2 Å². The van der Waals surface area contributed by atoms with Gasteiger partial charge in [-0.05, 0) is 35.7 Å². The predicted octanol–water partition coefficient (Wildman–Crippen LogP) is 4.86. The zero-order chi connectivity index (χ0) is 17.7. The van der Waals surface area contributed by atoms with Crippen molar-refractivity contribution in [1.29, 1.82) is 0 Å². The van der Waals surface area contributed by atoms with Gasteiger partial charge in [0.15, 0.2) is 0 Å². The number of alkyl halides is 3. The Morgan fingerprint density at radius 2 is 1.83 bits per heavy atom. The SMILES string of the molecule is CCC(C(=O)O)c1cc(OCc2ccccc2)cc(C(F)(F)F)c1. The number of carboxylic acids is 1. The molecule has 0 fully saturated rings. The number of hydrogen-bond acceptors (Lipinski definition) is 2. The summed E-state index contributed by atoms with van der Waals surface area (Å²) >= 11 is 0. The fraction of sp³-hybridized carbons (Fsp3) is 0.278. The number of rotatable bonds is 6. The van der Waals surface area contributed by atoms with Crippen LogP contribution in [0.25, 0.3) is 0 Å². The van der Waals surface area contributed by atoms with Crippen molar-refractivity contribution in [2.24, 2.45) is 0 Å². The summed E-state index contributed by atoms with van der Waals surface area (Å²) < 4.78 is 44.7. The summed E-state index contributed by atoms with van der Waals surface area (Å²) in [5.41, 5.74) is -0.0209. The molecular formula is C18H17F3O3. The average molecular weight is 338 g/mol. The van der Waals surface area contributed by atoms with Crippen molar-refractivity contribution in [2.75, 3.05) is 0 Å². The molecule has 0 aliphatic carbocycles. The Morgan fingerprint density at radius 1 is 1.17 bits per heavy atom. The summed E-state index contributed by atoms with van der Waals surface area (Å²) in [6.07, 6.45) is -4.38. The first-order chi connectivity index (χ1) is 11.3. The van der Waals surface area contributed by atoms with Crippen LogP contribution in [-0.2, 0) is 17.6 Å². The maximum atomic E-state index is 13.1. The third-order valence-corrected chi connectivity index (χ3v) is 3.61. The van der Waals surface area contributed by atoms with Crippen molar-refractivity contribution in [3.05, 3.63) is 65.2 Å². The van der Waals surface area contributed by atoms with Crippen LogP contribution in [0.3, 0.4) is 0 Å². The fourth-order valence-electron chi connectivity index (χ4n) is 2.36. The average Bonchev–Trinajstić information content (AvgIpc) is 2.53. The minimum atomic E-state index is -4.57. The number of aliphatic carboxylic acids is 1. The lowest BCUT2D eigenvalue weighted by molar-refractivity contribution is -0.140. The Bertz CT molecular complexity index is 696. The van der Waals surface area contributed by atoms with Gasteiger partial charge in [-0.3, -0.25) is 4.79 Å². The van der Waals surface area contributed by atoms with Crippen LogP contribution in [0.1, 0.15) is 36.0 Å². The number of carbonyl (C=O) groups is 1. The van der Waals surface area contributed by atoms with E-state index in [2.05, 4.69) is 0 Å². The number of hydrogen-bond donors (Lipinski definition) is 1. The molecule has 0 saturated heterocycles.